The van der Waals surface area contributed by atoms with Crippen LogP contribution in [0, 0.1) is 5.92 Å². The maximum atomic E-state index is 9.95. The minimum atomic E-state index is -0.175. The summed E-state index contributed by atoms with van der Waals surface area (Å²) in [5.41, 5.74) is 6.91. The number of hydrogen-bond acceptors (Lipinski definition) is 2. The van der Waals surface area contributed by atoms with Crippen LogP contribution in [0.2, 0.25) is 10.0 Å². The van der Waals surface area contributed by atoms with E-state index in [0.717, 1.165) is 12.8 Å². The first-order valence-corrected chi connectivity index (χ1v) is 6.78. The largest absolute Gasteiger partial charge is 0.506 e. The van der Waals surface area contributed by atoms with Crippen molar-refractivity contribution in [1.29, 1.82) is 0 Å². The smallest absolute Gasteiger partial charge is 0.139 e. The van der Waals surface area contributed by atoms with Crippen molar-refractivity contribution in [1.82, 2.24) is 0 Å². The summed E-state index contributed by atoms with van der Waals surface area (Å²) < 4.78 is 0. The Morgan fingerprint density at radius 1 is 1.17 bits per heavy atom. The van der Waals surface area contributed by atoms with Crippen molar-refractivity contribution in [2.75, 3.05) is 0 Å². The minimum absolute atomic E-state index is 0. The Morgan fingerprint density at radius 3 is 2.39 bits per heavy atom. The van der Waals surface area contributed by atoms with Crippen molar-refractivity contribution in [3.05, 3.63) is 27.7 Å². The fraction of sp³-hybridized carbons (Fsp3) is 0.538. The zero-order valence-electron chi connectivity index (χ0n) is 10.0. The molecule has 1 aromatic carbocycles. The van der Waals surface area contributed by atoms with Crippen LogP contribution in [0.3, 0.4) is 0 Å². The van der Waals surface area contributed by atoms with Crippen LogP contribution in [0.4, 0.5) is 0 Å². The molecular weight excluding hydrogens is 293 g/mol. The topological polar surface area (TPSA) is 46.2 Å². The first kappa shape index (κ1) is 15.9. The molecule has 1 saturated carbocycles. The van der Waals surface area contributed by atoms with Crippen LogP contribution in [-0.4, -0.2) is 5.11 Å². The van der Waals surface area contributed by atoms with E-state index in [-0.39, 0.29) is 29.2 Å². The van der Waals surface area contributed by atoms with Gasteiger partial charge in [-0.3, -0.25) is 0 Å². The van der Waals surface area contributed by atoms with Gasteiger partial charge in [-0.25, -0.2) is 0 Å². The second-order valence-electron chi connectivity index (χ2n) is 4.75. The van der Waals surface area contributed by atoms with Crippen molar-refractivity contribution >= 4 is 35.6 Å². The highest BCUT2D eigenvalue weighted by Gasteiger charge is 2.25. The Bertz CT molecular complexity index is 405. The van der Waals surface area contributed by atoms with Gasteiger partial charge in [0.2, 0.25) is 0 Å². The molecule has 1 fully saturated rings. The van der Waals surface area contributed by atoms with Gasteiger partial charge in [-0.15, -0.1) is 12.4 Å². The SMILES string of the molecule is Cl.N[C@H](c1cc(Cl)cc(Cl)c1O)C1CCCCC1. The van der Waals surface area contributed by atoms with Gasteiger partial charge in [0, 0.05) is 16.6 Å². The summed E-state index contributed by atoms with van der Waals surface area (Å²) in [5.74, 6) is 0.498. The number of phenolic OH excluding ortho intramolecular Hbond substituents is 1. The van der Waals surface area contributed by atoms with E-state index in [1.165, 1.54) is 25.3 Å². The number of benzene rings is 1. The highest BCUT2D eigenvalue weighted by atomic mass is 35.5. The fourth-order valence-electron chi connectivity index (χ4n) is 2.59. The van der Waals surface area contributed by atoms with Gasteiger partial charge in [0.15, 0.2) is 0 Å². The molecule has 1 aromatic rings. The lowest BCUT2D eigenvalue weighted by molar-refractivity contribution is 0.303. The van der Waals surface area contributed by atoms with Gasteiger partial charge in [-0.1, -0.05) is 42.5 Å². The number of halogens is 3. The molecule has 2 rings (SSSR count). The number of rotatable bonds is 2. The molecule has 0 spiro atoms. The molecule has 0 heterocycles. The summed E-state index contributed by atoms with van der Waals surface area (Å²) in [7, 11) is 0. The third kappa shape index (κ3) is 3.45. The molecule has 3 N–H and O–H groups in total. The van der Waals surface area contributed by atoms with Gasteiger partial charge >= 0.3 is 0 Å². The lowest BCUT2D eigenvalue weighted by Gasteiger charge is -2.28. The van der Waals surface area contributed by atoms with Crippen LogP contribution in [0.15, 0.2) is 12.1 Å². The monoisotopic (exact) mass is 309 g/mol. The van der Waals surface area contributed by atoms with Crippen molar-refractivity contribution in [3.63, 3.8) is 0 Å². The summed E-state index contributed by atoms with van der Waals surface area (Å²) in [6, 6.07) is 3.09. The third-order valence-corrected chi connectivity index (χ3v) is 4.08. The summed E-state index contributed by atoms with van der Waals surface area (Å²) in [6.07, 6.45) is 5.95. The van der Waals surface area contributed by atoms with Crippen LogP contribution in [0.25, 0.3) is 0 Å². The number of hydrogen-bond donors (Lipinski definition) is 2. The van der Waals surface area contributed by atoms with Crippen LogP contribution in [0.5, 0.6) is 5.75 Å². The standard InChI is InChI=1S/C13H17Cl2NO.ClH/c14-9-6-10(13(17)11(15)7-9)12(16)8-4-2-1-3-5-8;/h6-8,12,17H,1-5,16H2;1H/t12-;/m0./s1. The first-order valence-electron chi connectivity index (χ1n) is 6.03. The fourth-order valence-corrected chi connectivity index (χ4v) is 3.10. The van der Waals surface area contributed by atoms with E-state index >= 15 is 0 Å². The van der Waals surface area contributed by atoms with Gasteiger partial charge in [0.25, 0.3) is 0 Å². The summed E-state index contributed by atoms with van der Waals surface area (Å²) in [4.78, 5) is 0. The van der Waals surface area contributed by atoms with Crippen molar-refractivity contribution < 1.29 is 5.11 Å². The molecule has 1 aliphatic rings. The molecule has 0 unspecified atom stereocenters. The van der Waals surface area contributed by atoms with E-state index in [4.69, 9.17) is 28.9 Å². The predicted octanol–water partition coefficient (Wildman–Crippen LogP) is 4.70. The van der Waals surface area contributed by atoms with E-state index in [0.29, 0.717) is 16.5 Å². The summed E-state index contributed by atoms with van der Waals surface area (Å²) in [5, 5.41) is 10.8. The molecule has 0 aromatic heterocycles. The van der Waals surface area contributed by atoms with E-state index in [9.17, 15) is 5.11 Å². The van der Waals surface area contributed by atoms with E-state index in [1.807, 2.05) is 0 Å². The second kappa shape index (κ2) is 6.85. The molecule has 5 heteroatoms. The maximum absolute atomic E-state index is 9.95. The molecule has 1 aliphatic carbocycles. The lowest BCUT2D eigenvalue weighted by Crippen LogP contribution is -2.23. The van der Waals surface area contributed by atoms with Gasteiger partial charge < -0.3 is 10.8 Å². The van der Waals surface area contributed by atoms with E-state index < -0.39 is 0 Å². The zero-order valence-corrected chi connectivity index (χ0v) is 12.4. The van der Waals surface area contributed by atoms with Crippen LogP contribution < -0.4 is 5.73 Å². The minimum Gasteiger partial charge on any atom is -0.506 e. The van der Waals surface area contributed by atoms with Gasteiger partial charge in [0.05, 0.1) is 5.02 Å². The highest BCUT2D eigenvalue weighted by Crippen LogP contribution is 2.40. The Balaban J connectivity index is 0.00000162. The van der Waals surface area contributed by atoms with Gasteiger partial charge in [0.1, 0.15) is 5.75 Å². The third-order valence-electron chi connectivity index (χ3n) is 3.57. The van der Waals surface area contributed by atoms with Crippen LogP contribution in [-0.2, 0) is 0 Å². The van der Waals surface area contributed by atoms with Gasteiger partial charge in [-0.2, -0.15) is 0 Å². The number of aromatic hydroxyl groups is 1. The number of nitrogens with two attached hydrogens (primary N) is 1. The highest BCUT2D eigenvalue weighted by molar-refractivity contribution is 6.35. The van der Waals surface area contributed by atoms with E-state index in [1.54, 1.807) is 6.07 Å². The Hall–Kier alpha value is -0.150. The Labute approximate surface area is 124 Å². The van der Waals surface area contributed by atoms with Crippen molar-refractivity contribution in [2.24, 2.45) is 11.7 Å². The molecule has 2 nitrogen and oxygen atoms in total. The molecule has 1 atom stereocenters. The maximum Gasteiger partial charge on any atom is 0.139 e. The zero-order chi connectivity index (χ0) is 12.4. The van der Waals surface area contributed by atoms with Crippen molar-refractivity contribution in [2.45, 2.75) is 38.1 Å². The molecule has 0 bridgehead atoms. The second-order valence-corrected chi connectivity index (χ2v) is 5.59. The molecule has 0 amide bonds. The van der Waals surface area contributed by atoms with Crippen LogP contribution in [0.1, 0.15) is 43.7 Å². The van der Waals surface area contributed by atoms with Crippen molar-refractivity contribution in [3.8, 4) is 5.75 Å². The predicted molar refractivity (Wildman–Crippen MR) is 78.9 cm³/mol. The molecular formula is C13H18Cl3NO. The van der Waals surface area contributed by atoms with Crippen LogP contribution >= 0.6 is 35.6 Å². The average molecular weight is 311 g/mol. The van der Waals surface area contributed by atoms with Gasteiger partial charge in [-0.05, 0) is 30.9 Å². The lowest BCUT2D eigenvalue weighted by atomic mass is 9.81. The Morgan fingerprint density at radius 2 is 1.78 bits per heavy atom. The molecule has 18 heavy (non-hydrogen) atoms. The summed E-state index contributed by atoms with van der Waals surface area (Å²) in [6.45, 7) is 0. The molecule has 0 saturated heterocycles. The first-order chi connectivity index (χ1) is 8.09. The number of phenols is 1. The van der Waals surface area contributed by atoms with E-state index in [2.05, 4.69) is 0 Å². The molecule has 102 valence electrons. The molecule has 0 radical (unpaired) electrons. The normalized spacial score (nSPS) is 18.2. The Kier molecular flexibility index (Phi) is 6.06. The average Bonchev–Trinajstić information content (AvgIpc) is 2.34. The molecule has 0 aliphatic heterocycles. The quantitative estimate of drug-likeness (QED) is 0.831. The summed E-state index contributed by atoms with van der Waals surface area (Å²) >= 11 is 11.9.